The van der Waals surface area contributed by atoms with Gasteiger partial charge in [0.2, 0.25) is 0 Å². The van der Waals surface area contributed by atoms with Crippen molar-refractivity contribution in [3.63, 3.8) is 0 Å². The summed E-state index contributed by atoms with van der Waals surface area (Å²) in [5.41, 5.74) is 4.66. The standard InChI is InChI=1S/C24H21N5O2S/c1-27-20-11-8-17(13-21(20)28(2)24(27)31)26-23(30)16-6-9-19(10-7-16)32-15-18-14-29-12-4-3-5-22(29)25-18/h3-14H,15H2,1-2H3,(H,26,30). The summed E-state index contributed by atoms with van der Waals surface area (Å²) in [6.07, 6.45) is 4.02. The molecule has 0 fully saturated rings. The summed E-state index contributed by atoms with van der Waals surface area (Å²) in [6.45, 7) is 0. The molecule has 0 aliphatic heterocycles. The van der Waals surface area contributed by atoms with Crippen molar-refractivity contribution in [2.45, 2.75) is 10.6 Å². The number of hydrogen-bond donors (Lipinski definition) is 1. The normalized spacial score (nSPS) is 11.3. The topological polar surface area (TPSA) is 73.3 Å². The molecule has 7 nitrogen and oxygen atoms in total. The number of carbonyl (C=O) groups is 1. The second-order valence-corrected chi connectivity index (χ2v) is 8.62. The Bertz CT molecular complexity index is 1480. The highest BCUT2D eigenvalue weighted by Crippen LogP contribution is 2.24. The number of hydrogen-bond acceptors (Lipinski definition) is 4. The number of fused-ring (bicyclic) bond motifs is 2. The van der Waals surface area contributed by atoms with E-state index in [9.17, 15) is 9.59 Å². The maximum absolute atomic E-state index is 12.7. The van der Waals surface area contributed by atoms with E-state index >= 15 is 0 Å². The smallest absolute Gasteiger partial charge is 0.322 e. The molecule has 0 bridgehead atoms. The summed E-state index contributed by atoms with van der Waals surface area (Å²) >= 11 is 1.68. The van der Waals surface area contributed by atoms with E-state index in [1.165, 1.54) is 0 Å². The van der Waals surface area contributed by atoms with Gasteiger partial charge in [-0.25, -0.2) is 9.78 Å². The molecule has 0 atom stereocenters. The lowest BCUT2D eigenvalue weighted by Gasteiger charge is -2.07. The molecule has 0 unspecified atom stereocenters. The lowest BCUT2D eigenvalue weighted by molar-refractivity contribution is 0.102. The van der Waals surface area contributed by atoms with E-state index in [1.807, 2.05) is 71.4 Å². The number of aromatic nitrogens is 4. The van der Waals surface area contributed by atoms with Crippen molar-refractivity contribution in [3.05, 3.63) is 94.8 Å². The predicted molar refractivity (Wildman–Crippen MR) is 127 cm³/mol. The lowest BCUT2D eigenvalue weighted by Crippen LogP contribution is -2.19. The minimum Gasteiger partial charge on any atom is -0.322 e. The molecular weight excluding hydrogens is 422 g/mol. The number of rotatable bonds is 5. The zero-order chi connectivity index (χ0) is 22.2. The summed E-state index contributed by atoms with van der Waals surface area (Å²) in [6, 6.07) is 18.9. The minimum absolute atomic E-state index is 0.0970. The number of amides is 1. The molecule has 0 aliphatic carbocycles. The molecule has 0 saturated carbocycles. The molecule has 1 amide bonds. The highest BCUT2D eigenvalue weighted by atomic mass is 32.2. The Morgan fingerprint density at radius 1 is 1.00 bits per heavy atom. The first-order chi connectivity index (χ1) is 15.5. The van der Waals surface area contributed by atoms with Gasteiger partial charge in [0.15, 0.2) is 0 Å². The zero-order valence-corrected chi connectivity index (χ0v) is 18.5. The van der Waals surface area contributed by atoms with E-state index in [0.717, 1.165) is 33.0 Å². The van der Waals surface area contributed by atoms with Gasteiger partial charge in [0, 0.05) is 48.4 Å². The van der Waals surface area contributed by atoms with Crippen LogP contribution in [-0.4, -0.2) is 24.4 Å². The van der Waals surface area contributed by atoms with Crippen LogP contribution in [0.2, 0.25) is 0 Å². The number of nitrogens with one attached hydrogen (secondary N) is 1. The van der Waals surface area contributed by atoms with Crippen LogP contribution in [0.4, 0.5) is 5.69 Å². The number of aryl methyl sites for hydroxylation is 2. The molecule has 8 heteroatoms. The zero-order valence-electron chi connectivity index (χ0n) is 17.6. The molecule has 3 aromatic heterocycles. The van der Waals surface area contributed by atoms with Gasteiger partial charge in [-0.05, 0) is 54.6 Å². The van der Waals surface area contributed by atoms with Crippen molar-refractivity contribution >= 4 is 40.0 Å². The lowest BCUT2D eigenvalue weighted by atomic mass is 10.2. The Kier molecular flexibility index (Phi) is 5.07. The van der Waals surface area contributed by atoms with Crippen molar-refractivity contribution in [3.8, 4) is 0 Å². The van der Waals surface area contributed by atoms with Crippen molar-refractivity contribution in [1.82, 2.24) is 18.5 Å². The molecule has 2 aromatic carbocycles. The number of thioether (sulfide) groups is 1. The maximum Gasteiger partial charge on any atom is 0.328 e. The van der Waals surface area contributed by atoms with Crippen molar-refractivity contribution in [2.24, 2.45) is 14.1 Å². The number of pyridine rings is 1. The molecule has 32 heavy (non-hydrogen) atoms. The molecule has 5 rings (SSSR count). The van der Waals surface area contributed by atoms with Crippen LogP contribution in [-0.2, 0) is 19.8 Å². The summed E-state index contributed by atoms with van der Waals surface area (Å²) in [4.78, 5) is 30.5. The number of benzene rings is 2. The van der Waals surface area contributed by atoms with Crippen LogP contribution in [0.25, 0.3) is 16.7 Å². The second kappa shape index (κ2) is 8.05. The number of nitrogens with zero attached hydrogens (tertiary/aromatic N) is 4. The van der Waals surface area contributed by atoms with E-state index in [-0.39, 0.29) is 11.6 Å². The minimum atomic E-state index is -0.192. The summed E-state index contributed by atoms with van der Waals surface area (Å²) in [5.74, 6) is 0.561. The van der Waals surface area contributed by atoms with Crippen LogP contribution in [0, 0.1) is 0 Å². The highest BCUT2D eigenvalue weighted by Gasteiger charge is 2.11. The third-order valence-electron chi connectivity index (χ3n) is 5.45. The molecule has 3 heterocycles. The van der Waals surface area contributed by atoms with Crippen LogP contribution in [0.5, 0.6) is 0 Å². The van der Waals surface area contributed by atoms with Gasteiger partial charge in [0.05, 0.1) is 16.7 Å². The third-order valence-corrected chi connectivity index (χ3v) is 6.49. The van der Waals surface area contributed by atoms with Gasteiger partial charge in [0.1, 0.15) is 5.65 Å². The van der Waals surface area contributed by atoms with Gasteiger partial charge in [0.25, 0.3) is 5.91 Å². The van der Waals surface area contributed by atoms with E-state index in [4.69, 9.17) is 0 Å². The third kappa shape index (κ3) is 3.69. The average molecular weight is 444 g/mol. The first-order valence-corrected chi connectivity index (χ1v) is 11.1. The van der Waals surface area contributed by atoms with Crippen molar-refractivity contribution in [1.29, 1.82) is 0 Å². The Morgan fingerprint density at radius 3 is 2.56 bits per heavy atom. The molecule has 5 aromatic rings. The quantitative estimate of drug-likeness (QED) is 0.416. The van der Waals surface area contributed by atoms with Crippen molar-refractivity contribution < 1.29 is 4.79 Å². The van der Waals surface area contributed by atoms with E-state index in [0.29, 0.717) is 11.3 Å². The first kappa shape index (κ1) is 20.1. The van der Waals surface area contributed by atoms with Gasteiger partial charge in [-0.15, -0.1) is 11.8 Å². The number of imidazole rings is 2. The highest BCUT2D eigenvalue weighted by molar-refractivity contribution is 7.98. The molecule has 160 valence electrons. The molecule has 0 radical (unpaired) electrons. The number of carbonyl (C=O) groups excluding carboxylic acids is 1. The predicted octanol–water partition coefficient (Wildman–Crippen LogP) is 4.07. The van der Waals surface area contributed by atoms with Crippen LogP contribution in [0.3, 0.4) is 0 Å². The van der Waals surface area contributed by atoms with Crippen LogP contribution >= 0.6 is 11.8 Å². The monoisotopic (exact) mass is 443 g/mol. The Morgan fingerprint density at radius 2 is 1.78 bits per heavy atom. The Labute approximate surface area is 188 Å². The van der Waals surface area contributed by atoms with Gasteiger partial charge in [-0.2, -0.15) is 0 Å². The van der Waals surface area contributed by atoms with Gasteiger partial charge in [-0.3, -0.25) is 13.9 Å². The molecule has 1 N–H and O–H groups in total. The molecular formula is C24H21N5O2S. The Balaban J connectivity index is 1.26. The van der Waals surface area contributed by atoms with E-state index in [2.05, 4.69) is 10.3 Å². The van der Waals surface area contributed by atoms with Crippen LogP contribution in [0.1, 0.15) is 16.1 Å². The fourth-order valence-electron chi connectivity index (χ4n) is 3.70. The Hall–Kier alpha value is -3.78. The fourth-order valence-corrected chi connectivity index (χ4v) is 4.49. The second-order valence-electron chi connectivity index (χ2n) is 7.57. The van der Waals surface area contributed by atoms with E-state index in [1.54, 1.807) is 41.1 Å². The summed E-state index contributed by atoms with van der Waals surface area (Å²) in [5, 5.41) is 2.92. The summed E-state index contributed by atoms with van der Waals surface area (Å²) < 4.78 is 5.16. The van der Waals surface area contributed by atoms with E-state index < -0.39 is 0 Å². The first-order valence-electron chi connectivity index (χ1n) is 10.1. The number of anilines is 1. The van der Waals surface area contributed by atoms with Crippen LogP contribution < -0.4 is 11.0 Å². The summed E-state index contributed by atoms with van der Waals surface area (Å²) in [7, 11) is 3.45. The largest absolute Gasteiger partial charge is 0.328 e. The van der Waals surface area contributed by atoms with Gasteiger partial charge in [-0.1, -0.05) is 6.07 Å². The molecule has 0 spiro atoms. The molecule has 0 aliphatic rings. The maximum atomic E-state index is 12.7. The van der Waals surface area contributed by atoms with Crippen LogP contribution in [0.15, 0.2) is 82.7 Å². The van der Waals surface area contributed by atoms with Crippen molar-refractivity contribution in [2.75, 3.05) is 5.32 Å². The van der Waals surface area contributed by atoms with Gasteiger partial charge < -0.3 is 9.72 Å². The molecule has 0 saturated heterocycles. The average Bonchev–Trinajstić information content (AvgIpc) is 3.32. The fraction of sp³-hybridized carbons (Fsp3) is 0.125. The SMILES string of the molecule is Cn1c(=O)n(C)c2cc(NC(=O)c3ccc(SCc4cn5ccccc5n4)cc3)ccc21. The van der Waals surface area contributed by atoms with Gasteiger partial charge >= 0.3 is 5.69 Å².